The van der Waals surface area contributed by atoms with Gasteiger partial charge in [0.05, 0.1) is 0 Å². The molecule has 0 amide bonds. The van der Waals surface area contributed by atoms with Crippen LogP contribution in [0, 0.1) is 38.0 Å². The molecule has 0 rings (SSSR count). The molecule has 136 valence electrons. The number of hydrogen-bond donors (Lipinski definition) is 0. The minimum absolute atomic E-state index is 0. The average Bonchev–Trinajstić information content (AvgIpc) is 2.41. The summed E-state index contributed by atoms with van der Waals surface area (Å²) in [5.41, 5.74) is 0. The van der Waals surface area contributed by atoms with E-state index in [9.17, 15) is 0 Å². The number of unbranched alkanes of at least 4 members (excludes halogenated alkanes) is 3. The van der Waals surface area contributed by atoms with Crippen LogP contribution in [-0.2, 0) is 0 Å². The van der Waals surface area contributed by atoms with Crippen LogP contribution in [0.1, 0.15) is 81.1 Å². The van der Waals surface area contributed by atoms with Gasteiger partial charge in [0.15, 0.2) is 0 Å². The van der Waals surface area contributed by atoms with E-state index < -0.39 is 0 Å². The van der Waals surface area contributed by atoms with Crippen molar-refractivity contribution in [2.24, 2.45) is 11.8 Å². The van der Waals surface area contributed by atoms with Crippen molar-refractivity contribution in [3.8, 4) is 5.92 Å². The minimum Gasteiger partial charge on any atom is -0.694 e. The van der Waals surface area contributed by atoms with Gasteiger partial charge < -0.3 is 31.1 Å². The van der Waals surface area contributed by atoms with Gasteiger partial charge in [-0.25, -0.2) is 0 Å². The normalized spacial score (nSPS) is 8.70. The van der Waals surface area contributed by atoms with E-state index in [0.29, 0.717) is 11.8 Å². The van der Waals surface area contributed by atoms with E-state index in [0.717, 1.165) is 12.8 Å². The third kappa shape index (κ3) is 87.8. The predicted molar refractivity (Wildman–Crippen MR) is 111 cm³/mol. The first-order valence-corrected chi connectivity index (χ1v) is 9.01. The average molecular weight is 338 g/mol. The van der Waals surface area contributed by atoms with Crippen molar-refractivity contribution in [1.29, 1.82) is 0 Å². The van der Waals surface area contributed by atoms with Gasteiger partial charge in [0.1, 0.15) is 0 Å². The minimum atomic E-state index is 0. The summed E-state index contributed by atoms with van der Waals surface area (Å²) < 4.78 is 0. The molecule has 0 saturated heterocycles. The van der Waals surface area contributed by atoms with Crippen LogP contribution in [-0.4, -0.2) is 41.9 Å². The second-order valence-corrected chi connectivity index (χ2v) is 6.04. The van der Waals surface area contributed by atoms with Gasteiger partial charge in [-0.1, -0.05) is 68.2 Å². The van der Waals surface area contributed by atoms with Crippen molar-refractivity contribution >= 4 is 17.4 Å². The third-order valence-electron chi connectivity index (χ3n) is 2.25. The van der Waals surface area contributed by atoms with Crippen LogP contribution in [0.5, 0.6) is 0 Å². The van der Waals surface area contributed by atoms with E-state index in [-0.39, 0.29) is 17.4 Å². The number of hydrogen-bond acceptors (Lipinski definition) is 1. The fourth-order valence-corrected chi connectivity index (χ4v) is 1.13. The predicted octanol–water partition coefficient (Wildman–Crippen LogP) is 6.08. The monoisotopic (exact) mass is 337 g/mol. The summed E-state index contributed by atoms with van der Waals surface area (Å²) in [6.45, 7) is 27.8. The summed E-state index contributed by atoms with van der Waals surface area (Å²) in [7, 11) is 0. The molecule has 0 spiro atoms. The molecule has 0 aliphatic carbocycles. The molecule has 0 saturated carbocycles. The van der Waals surface area contributed by atoms with E-state index in [1.807, 2.05) is 0 Å². The van der Waals surface area contributed by atoms with Gasteiger partial charge in [0.25, 0.3) is 0 Å². The zero-order valence-electron chi connectivity index (χ0n) is 17.5. The van der Waals surface area contributed by atoms with Gasteiger partial charge in [-0.05, 0) is 32.5 Å². The number of nitrogens with zero attached hydrogens (tertiary/aromatic N) is 1. The van der Waals surface area contributed by atoms with E-state index in [4.69, 9.17) is 6.42 Å². The zero-order valence-corrected chi connectivity index (χ0v) is 18.7. The fourth-order valence-electron chi connectivity index (χ4n) is 1.13. The summed E-state index contributed by atoms with van der Waals surface area (Å²) in [5.74, 6) is 3.52. The van der Waals surface area contributed by atoms with Crippen molar-refractivity contribution in [2.45, 2.75) is 81.1 Å². The Hall–Kier alpha value is 0.0525. The molecule has 0 atom stereocenters. The molecule has 0 unspecified atom stereocenters. The van der Waals surface area contributed by atoms with Crippen molar-refractivity contribution in [3.05, 3.63) is 20.3 Å². The zero-order chi connectivity index (χ0) is 18.4. The van der Waals surface area contributed by atoms with Crippen LogP contribution in [0.2, 0.25) is 0 Å². The summed E-state index contributed by atoms with van der Waals surface area (Å²) in [5, 5.41) is 0. The topological polar surface area (TPSA) is 3.24 Å². The molecule has 0 fully saturated rings. The Bertz CT molecular complexity index is 173. The molecular formula is C21H44AlN. The molecule has 0 aliphatic rings. The molecule has 0 aromatic rings. The van der Waals surface area contributed by atoms with Gasteiger partial charge in [-0.2, -0.15) is 11.8 Å². The Morgan fingerprint density at radius 3 is 1.26 bits per heavy atom. The Kier molecular flexibility index (Phi) is 50.3. The van der Waals surface area contributed by atoms with E-state index in [1.165, 1.54) is 32.5 Å². The third-order valence-corrected chi connectivity index (χ3v) is 2.25. The maximum atomic E-state index is 6.53. The Morgan fingerprint density at radius 1 is 0.826 bits per heavy atom. The van der Waals surface area contributed by atoms with Gasteiger partial charge >= 0.3 is 17.4 Å². The Labute approximate surface area is 161 Å². The van der Waals surface area contributed by atoms with Crippen molar-refractivity contribution in [2.75, 3.05) is 19.6 Å². The van der Waals surface area contributed by atoms with Crippen molar-refractivity contribution < 1.29 is 0 Å². The smallest absolute Gasteiger partial charge is 0.694 e. The first-order chi connectivity index (χ1) is 10.2. The molecule has 23 heavy (non-hydrogen) atoms. The van der Waals surface area contributed by atoms with E-state index >= 15 is 0 Å². The molecule has 2 heteroatoms. The fraction of sp³-hybridized carbons (Fsp3) is 0.810. The summed E-state index contributed by atoms with van der Waals surface area (Å²) in [6, 6.07) is 0. The standard InChI is InChI=1S/C7H11.C6H15N.2C4H9.Al/c1-3-5-7-6-4-2;1-4-7(5-2)6-3;2*1-4(2)3;/h3,5-7H2,1H3;4-6H2,1-3H3;2*4H,1H2,2-3H3;/q-1;;2*-1;+3. The molecule has 1 nitrogen and oxygen atoms in total. The SMILES string of the molecule is CCN(CC)CC.[Al+3].[C-]#CCCCCC.[CH2-]C(C)C.[CH2-]C(C)C. The van der Waals surface area contributed by atoms with Crippen LogP contribution < -0.4 is 0 Å². The van der Waals surface area contributed by atoms with E-state index in [1.54, 1.807) is 0 Å². The molecule has 0 aromatic heterocycles. The van der Waals surface area contributed by atoms with Crippen LogP contribution in [0.3, 0.4) is 0 Å². The summed E-state index contributed by atoms with van der Waals surface area (Å²) in [6.07, 6.45) is 11.0. The maximum Gasteiger partial charge on any atom is 3.00 e. The molecule has 0 N–H and O–H groups in total. The summed E-state index contributed by atoms with van der Waals surface area (Å²) >= 11 is 0. The first kappa shape index (κ1) is 34.4. The second kappa shape index (κ2) is 33.6. The van der Waals surface area contributed by atoms with E-state index in [2.05, 4.69) is 80.1 Å². The molecular weight excluding hydrogens is 293 g/mol. The Morgan fingerprint density at radius 2 is 1.13 bits per heavy atom. The van der Waals surface area contributed by atoms with Crippen LogP contribution >= 0.6 is 0 Å². The molecule has 0 radical (unpaired) electrons. The van der Waals surface area contributed by atoms with Gasteiger partial charge in [0, 0.05) is 0 Å². The van der Waals surface area contributed by atoms with Gasteiger partial charge in [-0.3, -0.25) is 0 Å². The van der Waals surface area contributed by atoms with Gasteiger partial charge in [-0.15, -0.1) is 0 Å². The van der Waals surface area contributed by atoms with Crippen LogP contribution in [0.25, 0.3) is 0 Å². The molecule has 0 aromatic carbocycles. The molecule has 0 bridgehead atoms. The number of rotatable bonds is 6. The van der Waals surface area contributed by atoms with Crippen LogP contribution in [0.4, 0.5) is 0 Å². The quantitative estimate of drug-likeness (QED) is 0.246. The van der Waals surface area contributed by atoms with Gasteiger partial charge in [0.2, 0.25) is 0 Å². The summed E-state index contributed by atoms with van der Waals surface area (Å²) in [4.78, 5) is 2.38. The van der Waals surface area contributed by atoms with Crippen molar-refractivity contribution in [3.63, 3.8) is 0 Å². The first-order valence-electron chi connectivity index (χ1n) is 9.01. The molecule has 0 heterocycles. The molecule has 0 aliphatic heterocycles. The van der Waals surface area contributed by atoms with Crippen LogP contribution in [0.15, 0.2) is 0 Å². The maximum absolute atomic E-state index is 6.53. The second-order valence-electron chi connectivity index (χ2n) is 6.04. The largest absolute Gasteiger partial charge is 3.00 e. The Balaban J connectivity index is -0.0000000639. The van der Waals surface area contributed by atoms with Crippen molar-refractivity contribution in [1.82, 2.24) is 4.90 Å².